The van der Waals surface area contributed by atoms with E-state index < -0.39 is 0 Å². The minimum Gasteiger partial charge on any atom is -0.347 e. The number of benzene rings is 1. The first-order chi connectivity index (χ1) is 9.20. The van der Waals surface area contributed by atoms with Crippen molar-refractivity contribution in [1.29, 1.82) is 0 Å². The summed E-state index contributed by atoms with van der Waals surface area (Å²) in [4.78, 5) is 12.6. The predicted molar refractivity (Wildman–Crippen MR) is 85.7 cm³/mol. The van der Waals surface area contributed by atoms with Gasteiger partial charge in [0, 0.05) is 32.8 Å². The van der Waals surface area contributed by atoms with E-state index in [9.17, 15) is 4.79 Å². The van der Waals surface area contributed by atoms with Crippen LogP contribution in [0.3, 0.4) is 0 Å². The largest absolute Gasteiger partial charge is 0.347 e. The second kappa shape index (κ2) is 5.25. The summed E-state index contributed by atoms with van der Waals surface area (Å²) in [5.41, 5.74) is 2.03. The number of halogens is 1. The van der Waals surface area contributed by atoms with E-state index in [4.69, 9.17) is 0 Å². The van der Waals surface area contributed by atoms with Gasteiger partial charge < -0.3 is 9.88 Å². The lowest BCUT2D eigenvalue weighted by Gasteiger charge is -2.07. The van der Waals surface area contributed by atoms with Crippen LogP contribution >= 0.6 is 22.6 Å². The van der Waals surface area contributed by atoms with Crippen molar-refractivity contribution in [2.45, 2.75) is 32.4 Å². The summed E-state index contributed by atoms with van der Waals surface area (Å²) >= 11 is 2.30. The highest BCUT2D eigenvalue weighted by atomic mass is 127. The van der Waals surface area contributed by atoms with Gasteiger partial charge in [-0.15, -0.1) is 0 Å². The molecular weight excluding hydrogens is 351 g/mol. The van der Waals surface area contributed by atoms with Crippen LogP contribution in [0, 0.1) is 3.57 Å². The molecule has 0 aliphatic carbocycles. The number of fused-ring (bicyclic) bond motifs is 1. The molecule has 1 N–H and O–H groups in total. The van der Waals surface area contributed by atoms with Crippen LogP contribution in [-0.2, 0) is 6.54 Å². The molecule has 0 saturated carbocycles. The van der Waals surface area contributed by atoms with Gasteiger partial charge >= 0.3 is 0 Å². The lowest BCUT2D eigenvalue weighted by Crippen LogP contribution is -2.30. The van der Waals surface area contributed by atoms with Gasteiger partial charge in [0.25, 0.3) is 0 Å². The van der Waals surface area contributed by atoms with Crippen molar-refractivity contribution in [2.75, 3.05) is 6.54 Å². The topological polar surface area (TPSA) is 34.0 Å². The third-order valence-electron chi connectivity index (χ3n) is 3.83. The summed E-state index contributed by atoms with van der Waals surface area (Å²) in [6.07, 6.45) is 4.07. The van der Waals surface area contributed by atoms with Gasteiger partial charge in [-0.25, -0.2) is 0 Å². The van der Waals surface area contributed by atoms with Crippen LogP contribution in [0.5, 0.6) is 0 Å². The number of hydrogen-bond acceptors (Lipinski definition) is 2. The molecule has 2 heterocycles. The fraction of sp³-hybridized carbons (Fsp3) is 0.400. The number of hydrogen-bond donors (Lipinski definition) is 1. The van der Waals surface area contributed by atoms with Crippen LogP contribution < -0.4 is 5.32 Å². The molecule has 3 rings (SSSR count). The molecule has 1 aromatic carbocycles. The first-order valence-corrected chi connectivity index (χ1v) is 7.84. The van der Waals surface area contributed by atoms with Crippen LogP contribution in [-0.4, -0.2) is 22.9 Å². The SMILES string of the molecule is CCn1cc(C(=O)C2CCCN2)c2cc(I)ccc21. The van der Waals surface area contributed by atoms with E-state index in [2.05, 4.69) is 57.6 Å². The molecule has 0 bridgehead atoms. The van der Waals surface area contributed by atoms with Gasteiger partial charge in [0.1, 0.15) is 0 Å². The normalized spacial score (nSPS) is 19.2. The molecule has 100 valence electrons. The second-order valence-corrected chi connectivity index (χ2v) is 6.25. The van der Waals surface area contributed by atoms with Crippen molar-refractivity contribution < 1.29 is 4.79 Å². The quantitative estimate of drug-likeness (QED) is 0.667. The van der Waals surface area contributed by atoms with Crippen molar-refractivity contribution in [3.63, 3.8) is 0 Å². The van der Waals surface area contributed by atoms with Gasteiger partial charge in [0.2, 0.25) is 0 Å². The molecule has 4 heteroatoms. The molecule has 0 amide bonds. The Morgan fingerprint density at radius 2 is 2.37 bits per heavy atom. The third kappa shape index (κ3) is 2.31. The minimum absolute atomic E-state index is 0.00812. The average molecular weight is 368 g/mol. The fourth-order valence-electron chi connectivity index (χ4n) is 2.82. The average Bonchev–Trinajstić information content (AvgIpc) is 3.05. The van der Waals surface area contributed by atoms with E-state index in [0.29, 0.717) is 0 Å². The molecule has 0 spiro atoms. The number of rotatable bonds is 3. The molecule has 1 unspecified atom stereocenters. The van der Waals surface area contributed by atoms with E-state index >= 15 is 0 Å². The van der Waals surface area contributed by atoms with Crippen molar-refractivity contribution in [1.82, 2.24) is 9.88 Å². The lowest BCUT2D eigenvalue weighted by molar-refractivity contribution is 0.0954. The Labute approximate surface area is 126 Å². The van der Waals surface area contributed by atoms with Gasteiger partial charge in [-0.3, -0.25) is 4.79 Å². The monoisotopic (exact) mass is 368 g/mol. The first-order valence-electron chi connectivity index (χ1n) is 6.76. The molecule has 1 aliphatic heterocycles. The van der Waals surface area contributed by atoms with Crippen LogP contribution in [0.15, 0.2) is 24.4 Å². The molecule has 1 aliphatic rings. The Bertz CT molecular complexity index is 626. The maximum Gasteiger partial charge on any atom is 0.181 e. The van der Waals surface area contributed by atoms with E-state index in [-0.39, 0.29) is 11.8 Å². The minimum atomic E-state index is 0.00812. The van der Waals surface area contributed by atoms with Crippen LogP contribution in [0.1, 0.15) is 30.1 Å². The molecular formula is C15H17IN2O. The van der Waals surface area contributed by atoms with Crippen molar-refractivity contribution >= 4 is 39.3 Å². The zero-order chi connectivity index (χ0) is 13.4. The highest BCUT2D eigenvalue weighted by molar-refractivity contribution is 14.1. The molecule has 1 atom stereocenters. The smallest absolute Gasteiger partial charge is 0.181 e. The Hall–Kier alpha value is -0.880. The van der Waals surface area contributed by atoms with Crippen LogP contribution in [0.4, 0.5) is 0 Å². The fourth-order valence-corrected chi connectivity index (χ4v) is 3.31. The Morgan fingerprint density at radius 1 is 1.53 bits per heavy atom. The molecule has 3 nitrogen and oxygen atoms in total. The number of aryl methyl sites for hydroxylation is 1. The van der Waals surface area contributed by atoms with Gasteiger partial charge in [0.15, 0.2) is 5.78 Å². The van der Waals surface area contributed by atoms with Crippen molar-refractivity contribution in [3.05, 3.63) is 33.5 Å². The summed E-state index contributed by atoms with van der Waals surface area (Å²) in [6, 6.07) is 6.33. The lowest BCUT2D eigenvalue weighted by atomic mass is 10.0. The maximum atomic E-state index is 12.6. The van der Waals surface area contributed by atoms with Crippen molar-refractivity contribution in [2.24, 2.45) is 0 Å². The van der Waals surface area contributed by atoms with Crippen molar-refractivity contribution in [3.8, 4) is 0 Å². The molecule has 1 fully saturated rings. The van der Waals surface area contributed by atoms with E-state index in [1.54, 1.807) is 0 Å². The molecule has 2 aromatic rings. The number of Topliss-reactive ketones (excluding diaryl/α,β-unsaturated/α-hetero) is 1. The molecule has 1 saturated heterocycles. The Kier molecular flexibility index (Phi) is 3.62. The number of carbonyl (C=O) groups excluding carboxylic acids is 1. The summed E-state index contributed by atoms with van der Waals surface area (Å²) < 4.78 is 3.33. The predicted octanol–water partition coefficient (Wildman–Crippen LogP) is 3.20. The summed E-state index contributed by atoms with van der Waals surface area (Å²) in [6.45, 7) is 3.96. The summed E-state index contributed by atoms with van der Waals surface area (Å²) in [7, 11) is 0. The number of ketones is 1. The van der Waals surface area contributed by atoms with Crippen LogP contribution in [0.25, 0.3) is 10.9 Å². The highest BCUT2D eigenvalue weighted by Gasteiger charge is 2.26. The number of carbonyl (C=O) groups is 1. The molecule has 19 heavy (non-hydrogen) atoms. The molecule has 0 radical (unpaired) electrons. The Balaban J connectivity index is 2.11. The second-order valence-electron chi connectivity index (χ2n) is 5.00. The maximum absolute atomic E-state index is 12.6. The Morgan fingerprint density at radius 3 is 3.05 bits per heavy atom. The standard InChI is InChI=1S/C15H17IN2O/c1-2-18-9-12(15(19)13-4-3-7-17-13)11-8-10(16)5-6-14(11)18/h5-6,8-9,13,17H,2-4,7H2,1H3. The summed E-state index contributed by atoms with van der Waals surface area (Å²) in [5.74, 6) is 0.247. The number of aromatic nitrogens is 1. The summed E-state index contributed by atoms with van der Waals surface area (Å²) in [5, 5.41) is 4.39. The van der Waals surface area contributed by atoms with Gasteiger partial charge in [0.05, 0.1) is 6.04 Å². The van der Waals surface area contributed by atoms with Gasteiger partial charge in [-0.2, -0.15) is 0 Å². The zero-order valence-corrected chi connectivity index (χ0v) is 13.1. The van der Waals surface area contributed by atoms with Gasteiger partial charge in [-0.05, 0) is 67.1 Å². The van der Waals surface area contributed by atoms with Gasteiger partial charge in [-0.1, -0.05) is 0 Å². The first kappa shape index (κ1) is 13.1. The van der Waals surface area contributed by atoms with Crippen LogP contribution in [0.2, 0.25) is 0 Å². The number of nitrogens with zero attached hydrogens (tertiary/aromatic N) is 1. The van der Waals surface area contributed by atoms with E-state index in [0.717, 1.165) is 42.4 Å². The highest BCUT2D eigenvalue weighted by Crippen LogP contribution is 2.26. The van der Waals surface area contributed by atoms with E-state index in [1.165, 1.54) is 3.57 Å². The zero-order valence-electron chi connectivity index (χ0n) is 10.9. The molecule has 1 aromatic heterocycles. The number of nitrogens with one attached hydrogen (secondary N) is 1. The third-order valence-corrected chi connectivity index (χ3v) is 4.50. The van der Waals surface area contributed by atoms with E-state index in [1.807, 2.05) is 6.20 Å².